The summed E-state index contributed by atoms with van der Waals surface area (Å²) in [6.45, 7) is 4.43. The monoisotopic (exact) mass is 381 g/mol. The van der Waals surface area contributed by atoms with E-state index in [1.54, 1.807) is 18.3 Å². The van der Waals surface area contributed by atoms with Crippen molar-refractivity contribution in [2.24, 2.45) is 0 Å². The standard InChI is InChI=1S/C17H18BrF2N3/c18-14-4-1-3-13(17(14)20)11-22-7-9-23(10-8-22)12-16-15(19)5-2-6-21-16/h1-6H,7-12H2. The molecule has 0 amide bonds. The Balaban J connectivity index is 1.54. The Morgan fingerprint density at radius 3 is 2.35 bits per heavy atom. The van der Waals surface area contributed by atoms with Gasteiger partial charge in [-0.25, -0.2) is 8.78 Å². The molecule has 1 saturated heterocycles. The number of hydrogen-bond acceptors (Lipinski definition) is 3. The molecule has 1 aliphatic rings. The van der Waals surface area contributed by atoms with Crippen molar-refractivity contribution in [2.45, 2.75) is 13.1 Å². The zero-order valence-corrected chi connectivity index (χ0v) is 14.3. The van der Waals surface area contributed by atoms with Gasteiger partial charge in [0, 0.05) is 51.0 Å². The summed E-state index contributed by atoms with van der Waals surface area (Å²) in [4.78, 5) is 8.49. The molecule has 122 valence electrons. The second kappa shape index (κ2) is 7.47. The molecular weight excluding hydrogens is 364 g/mol. The Hall–Kier alpha value is -1.37. The average Bonchev–Trinajstić information content (AvgIpc) is 2.56. The van der Waals surface area contributed by atoms with Crippen molar-refractivity contribution in [3.63, 3.8) is 0 Å². The number of benzene rings is 1. The van der Waals surface area contributed by atoms with Crippen molar-refractivity contribution in [1.82, 2.24) is 14.8 Å². The normalized spacial score (nSPS) is 16.7. The number of halogens is 3. The third-order valence-electron chi connectivity index (χ3n) is 4.10. The van der Waals surface area contributed by atoms with Crippen molar-refractivity contribution in [3.05, 3.63) is 63.9 Å². The summed E-state index contributed by atoms with van der Waals surface area (Å²) in [6, 6.07) is 8.41. The Morgan fingerprint density at radius 1 is 0.957 bits per heavy atom. The van der Waals surface area contributed by atoms with E-state index in [9.17, 15) is 8.78 Å². The van der Waals surface area contributed by atoms with E-state index in [1.165, 1.54) is 6.07 Å². The lowest BCUT2D eigenvalue weighted by atomic mass is 10.2. The highest BCUT2D eigenvalue weighted by atomic mass is 79.9. The molecule has 0 N–H and O–H groups in total. The van der Waals surface area contributed by atoms with Crippen LogP contribution in [-0.2, 0) is 13.1 Å². The van der Waals surface area contributed by atoms with Crippen LogP contribution in [0.3, 0.4) is 0 Å². The average molecular weight is 382 g/mol. The first-order valence-corrected chi connectivity index (χ1v) is 8.40. The molecule has 23 heavy (non-hydrogen) atoms. The predicted octanol–water partition coefficient (Wildman–Crippen LogP) is 3.44. The zero-order valence-electron chi connectivity index (χ0n) is 12.7. The van der Waals surface area contributed by atoms with Gasteiger partial charge in [0.1, 0.15) is 11.6 Å². The smallest absolute Gasteiger partial charge is 0.146 e. The Morgan fingerprint density at radius 2 is 1.65 bits per heavy atom. The van der Waals surface area contributed by atoms with Gasteiger partial charge in [-0.05, 0) is 34.1 Å². The Kier molecular flexibility index (Phi) is 5.35. The lowest BCUT2D eigenvalue weighted by Gasteiger charge is -2.34. The van der Waals surface area contributed by atoms with Crippen molar-refractivity contribution in [3.8, 4) is 0 Å². The number of hydrogen-bond donors (Lipinski definition) is 0. The van der Waals surface area contributed by atoms with E-state index in [1.807, 2.05) is 12.1 Å². The molecule has 0 bridgehead atoms. The van der Waals surface area contributed by atoms with Crippen LogP contribution in [0.5, 0.6) is 0 Å². The molecule has 0 atom stereocenters. The van der Waals surface area contributed by atoms with Gasteiger partial charge in [0.25, 0.3) is 0 Å². The van der Waals surface area contributed by atoms with Crippen LogP contribution in [0.2, 0.25) is 0 Å². The highest BCUT2D eigenvalue weighted by molar-refractivity contribution is 9.10. The van der Waals surface area contributed by atoms with Crippen molar-refractivity contribution >= 4 is 15.9 Å². The molecule has 1 aromatic heterocycles. The van der Waals surface area contributed by atoms with Crippen LogP contribution in [0.1, 0.15) is 11.3 Å². The van der Waals surface area contributed by atoms with Gasteiger partial charge >= 0.3 is 0 Å². The van der Waals surface area contributed by atoms with Gasteiger partial charge in [0.15, 0.2) is 0 Å². The zero-order chi connectivity index (χ0) is 16.2. The number of piperazine rings is 1. The molecule has 0 spiro atoms. The van der Waals surface area contributed by atoms with Crippen LogP contribution in [0.15, 0.2) is 41.0 Å². The molecule has 0 unspecified atom stereocenters. The van der Waals surface area contributed by atoms with Gasteiger partial charge in [0.2, 0.25) is 0 Å². The van der Waals surface area contributed by atoms with Gasteiger partial charge < -0.3 is 0 Å². The van der Waals surface area contributed by atoms with Crippen LogP contribution >= 0.6 is 15.9 Å². The van der Waals surface area contributed by atoms with Gasteiger partial charge in [-0.1, -0.05) is 12.1 Å². The third kappa shape index (κ3) is 4.13. The lowest BCUT2D eigenvalue weighted by molar-refractivity contribution is 0.119. The van der Waals surface area contributed by atoms with Crippen LogP contribution in [-0.4, -0.2) is 41.0 Å². The van der Waals surface area contributed by atoms with E-state index in [2.05, 4.69) is 30.7 Å². The predicted molar refractivity (Wildman–Crippen MR) is 88.8 cm³/mol. The quantitative estimate of drug-likeness (QED) is 0.808. The first-order valence-electron chi connectivity index (χ1n) is 7.60. The second-order valence-electron chi connectivity index (χ2n) is 5.70. The summed E-state index contributed by atoms with van der Waals surface area (Å²) in [5.41, 5.74) is 1.18. The summed E-state index contributed by atoms with van der Waals surface area (Å²) in [5, 5.41) is 0. The first kappa shape index (κ1) is 16.5. The van der Waals surface area contributed by atoms with Crippen LogP contribution < -0.4 is 0 Å². The fourth-order valence-electron chi connectivity index (χ4n) is 2.76. The molecule has 3 rings (SSSR count). The molecule has 3 nitrogen and oxygen atoms in total. The molecule has 1 fully saturated rings. The van der Waals surface area contributed by atoms with Crippen molar-refractivity contribution in [1.29, 1.82) is 0 Å². The molecule has 1 aromatic carbocycles. The number of aromatic nitrogens is 1. The number of pyridine rings is 1. The van der Waals surface area contributed by atoms with Crippen LogP contribution in [0.4, 0.5) is 8.78 Å². The van der Waals surface area contributed by atoms with E-state index in [0.29, 0.717) is 28.8 Å². The van der Waals surface area contributed by atoms with E-state index >= 15 is 0 Å². The number of rotatable bonds is 4. The molecule has 6 heteroatoms. The SMILES string of the molecule is Fc1cccnc1CN1CCN(Cc2cccc(Br)c2F)CC1. The second-order valence-corrected chi connectivity index (χ2v) is 6.55. The summed E-state index contributed by atoms with van der Waals surface area (Å²) in [6.07, 6.45) is 1.62. The van der Waals surface area contributed by atoms with Gasteiger partial charge in [0.05, 0.1) is 10.2 Å². The van der Waals surface area contributed by atoms with E-state index in [0.717, 1.165) is 26.2 Å². The minimum Gasteiger partial charge on any atom is -0.296 e. The van der Waals surface area contributed by atoms with Gasteiger partial charge in [-0.15, -0.1) is 0 Å². The maximum Gasteiger partial charge on any atom is 0.146 e. The molecule has 0 aliphatic carbocycles. The molecule has 0 saturated carbocycles. The van der Waals surface area contributed by atoms with Gasteiger partial charge in [-0.2, -0.15) is 0 Å². The van der Waals surface area contributed by atoms with Gasteiger partial charge in [-0.3, -0.25) is 14.8 Å². The summed E-state index contributed by atoms with van der Waals surface area (Å²) < 4.78 is 28.2. The topological polar surface area (TPSA) is 19.4 Å². The molecule has 1 aliphatic heterocycles. The maximum absolute atomic E-state index is 14.0. The van der Waals surface area contributed by atoms with E-state index in [-0.39, 0.29) is 11.6 Å². The van der Waals surface area contributed by atoms with Crippen LogP contribution in [0.25, 0.3) is 0 Å². The first-order chi connectivity index (χ1) is 11.1. The maximum atomic E-state index is 14.0. The molecule has 2 aromatic rings. The third-order valence-corrected chi connectivity index (χ3v) is 4.71. The number of nitrogens with zero attached hydrogens (tertiary/aromatic N) is 3. The fourth-order valence-corrected chi connectivity index (χ4v) is 3.17. The lowest BCUT2D eigenvalue weighted by Crippen LogP contribution is -2.45. The largest absolute Gasteiger partial charge is 0.296 e. The summed E-state index contributed by atoms with van der Waals surface area (Å²) in [5.74, 6) is -0.448. The van der Waals surface area contributed by atoms with E-state index < -0.39 is 0 Å². The van der Waals surface area contributed by atoms with E-state index in [4.69, 9.17) is 0 Å². The Labute approximate surface area is 143 Å². The molecular formula is C17H18BrF2N3. The summed E-state index contributed by atoms with van der Waals surface area (Å²) >= 11 is 3.22. The van der Waals surface area contributed by atoms with Crippen molar-refractivity contribution < 1.29 is 8.78 Å². The Bertz CT molecular complexity index is 673. The minimum atomic E-state index is -0.258. The van der Waals surface area contributed by atoms with Crippen LogP contribution in [0, 0.1) is 11.6 Å². The molecule has 2 heterocycles. The highest BCUT2D eigenvalue weighted by Crippen LogP contribution is 2.20. The fraction of sp³-hybridized carbons (Fsp3) is 0.353. The highest BCUT2D eigenvalue weighted by Gasteiger charge is 2.19. The van der Waals surface area contributed by atoms with Crippen molar-refractivity contribution in [2.75, 3.05) is 26.2 Å². The minimum absolute atomic E-state index is 0.189. The summed E-state index contributed by atoms with van der Waals surface area (Å²) in [7, 11) is 0. The molecule has 0 radical (unpaired) electrons.